The normalized spacial score (nSPS) is 20.4. The van der Waals surface area contributed by atoms with Crippen molar-refractivity contribution >= 4 is 28.6 Å². The smallest absolute Gasteiger partial charge is 0.325 e. The Hall–Kier alpha value is -2.89. The van der Waals surface area contributed by atoms with Gasteiger partial charge in [-0.25, -0.2) is 4.79 Å². The number of rotatable bonds is 3. The van der Waals surface area contributed by atoms with Crippen LogP contribution in [-0.2, 0) is 15.1 Å². The second-order valence-corrected chi connectivity index (χ2v) is 7.77. The van der Waals surface area contributed by atoms with E-state index >= 15 is 0 Å². The molecule has 1 fully saturated rings. The molecule has 6 heteroatoms. The van der Waals surface area contributed by atoms with Crippen LogP contribution >= 0.6 is 0 Å². The fourth-order valence-electron chi connectivity index (χ4n) is 3.29. The number of carbonyl (C=O) groups excluding carboxylic acids is 3. The number of benzene rings is 2. The monoisotopic (exact) mass is 353 g/mol. The Morgan fingerprint density at radius 3 is 2.46 bits per heavy atom. The van der Waals surface area contributed by atoms with Gasteiger partial charge in [-0.2, -0.15) is 0 Å². The first-order valence-electron chi connectivity index (χ1n) is 8.55. The molecule has 0 radical (unpaired) electrons. The number of imide groups is 1. The van der Waals surface area contributed by atoms with Crippen LogP contribution < -0.4 is 10.6 Å². The van der Waals surface area contributed by atoms with E-state index in [4.69, 9.17) is 0 Å². The standard InChI is InChI=1S/C20H23N3O3/c1-19(2,3)21-16(24)12-23-17(25)20(4,22-18(23)26)15-11-7-9-13-8-5-6-10-14(13)15/h5-11H,12H2,1-4H3,(H,21,24)(H,22,26). The molecule has 4 amide bonds. The lowest BCUT2D eigenvalue weighted by molar-refractivity contribution is -0.135. The first kappa shape index (κ1) is 17.9. The van der Waals surface area contributed by atoms with Crippen LogP contribution in [0, 0.1) is 0 Å². The van der Waals surface area contributed by atoms with Crippen molar-refractivity contribution in [1.29, 1.82) is 0 Å². The fourth-order valence-corrected chi connectivity index (χ4v) is 3.29. The zero-order chi connectivity index (χ0) is 19.1. The van der Waals surface area contributed by atoms with E-state index in [0.717, 1.165) is 15.7 Å². The molecule has 0 bridgehead atoms. The van der Waals surface area contributed by atoms with Gasteiger partial charge >= 0.3 is 6.03 Å². The van der Waals surface area contributed by atoms with E-state index in [1.807, 2.05) is 63.2 Å². The molecule has 136 valence electrons. The average molecular weight is 353 g/mol. The maximum Gasteiger partial charge on any atom is 0.325 e. The zero-order valence-electron chi connectivity index (χ0n) is 15.4. The molecule has 6 nitrogen and oxygen atoms in total. The Morgan fingerprint density at radius 2 is 1.77 bits per heavy atom. The molecule has 1 aliphatic heterocycles. The molecule has 2 aromatic rings. The van der Waals surface area contributed by atoms with Gasteiger partial charge < -0.3 is 10.6 Å². The summed E-state index contributed by atoms with van der Waals surface area (Å²) in [5.74, 6) is -0.800. The Bertz CT molecular complexity index is 895. The lowest BCUT2D eigenvalue weighted by Gasteiger charge is -2.25. The highest BCUT2D eigenvalue weighted by molar-refractivity contribution is 6.10. The van der Waals surface area contributed by atoms with Crippen LogP contribution in [0.3, 0.4) is 0 Å². The lowest BCUT2D eigenvalue weighted by Crippen LogP contribution is -2.48. The largest absolute Gasteiger partial charge is 0.350 e. The first-order valence-corrected chi connectivity index (χ1v) is 8.55. The van der Waals surface area contributed by atoms with Crippen molar-refractivity contribution in [3.8, 4) is 0 Å². The van der Waals surface area contributed by atoms with Crippen LogP contribution in [0.15, 0.2) is 42.5 Å². The maximum atomic E-state index is 13.0. The summed E-state index contributed by atoms with van der Waals surface area (Å²) in [6, 6.07) is 12.8. The number of carbonyl (C=O) groups is 3. The van der Waals surface area contributed by atoms with Gasteiger partial charge in [-0.05, 0) is 44.0 Å². The zero-order valence-corrected chi connectivity index (χ0v) is 15.4. The molecule has 0 spiro atoms. The lowest BCUT2D eigenvalue weighted by atomic mass is 9.88. The van der Waals surface area contributed by atoms with E-state index in [1.165, 1.54) is 0 Å². The minimum absolute atomic E-state index is 0.303. The third-order valence-corrected chi connectivity index (χ3v) is 4.42. The van der Waals surface area contributed by atoms with E-state index in [-0.39, 0.29) is 12.5 Å². The molecule has 26 heavy (non-hydrogen) atoms. The molecular formula is C20H23N3O3. The SMILES string of the molecule is CC(C)(C)NC(=O)CN1C(=O)NC(C)(c2cccc3ccccc23)C1=O. The van der Waals surface area contributed by atoms with Crippen molar-refractivity contribution in [2.45, 2.75) is 38.8 Å². The van der Waals surface area contributed by atoms with Crippen LogP contribution in [0.25, 0.3) is 10.8 Å². The van der Waals surface area contributed by atoms with Crippen molar-refractivity contribution in [1.82, 2.24) is 15.5 Å². The van der Waals surface area contributed by atoms with E-state index in [9.17, 15) is 14.4 Å². The van der Waals surface area contributed by atoms with Gasteiger partial charge in [0.05, 0.1) is 0 Å². The predicted molar refractivity (Wildman–Crippen MR) is 99.4 cm³/mol. The molecule has 1 unspecified atom stereocenters. The summed E-state index contributed by atoms with van der Waals surface area (Å²) in [5, 5.41) is 7.41. The van der Waals surface area contributed by atoms with E-state index in [2.05, 4.69) is 10.6 Å². The maximum absolute atomic E-state index is 13.0. The van der Waals surface area contributed by atoms with Gasteiger partial charge in [0, 0.05) is 5.54 Å². The summed E-state index contributed by atoms with van der Waals surface area (Å²) in [6.45, 7) is 6.91. The summed E-state index contributed by atoms with van der Waals surface area (Å²) >= 11 is 0. The van der Waals surface area contributed by atoms with Crippen LogP contribution in [-0.4, -0.2) is 34.8 Å². The van der Waals surface area contributed by atoms with Crippen LogP contribution in [0.1, 0.15) is 33.3 Å². The van der Waals surface area contributed by atoms with Gasteiger partial charge in [0.15, 0.2) is 0 Å². The summed E-state index contributed by atoms with van der Waals surface area (Å²) in [5.41, 5.74) is -0.928. The fraction of sp³-hybridized carbons (Fsp3) is 0.350. The highest BCUT2D eigenvalue weighted by atomic mass is 16.2. The van der Waals surface area contributed by atoms with E-state index < -0.39 is 23.0 Å². The minimum Gasteiger partial charge on any atom is -0.350 e. The molecule has 1 saturated heterocycles. The molecule has 1 atom stereocenters. The summed E-state index contributed by atoms with van der Waals surface area (Å²) in [7, 11) is 0. The quantitative estimate of drug-likeness (QED) is 0.832. The Kier molecular flexibility index (Phi) is 4.22. The molecule has 0 saturated carbocycles. The van der Waals surface area contributed by atoms with Gasteiger partial charge in [-0.3, -0.25) is 14.5 Å². The van der Waals surface area contributed by atoms with Crippen molar-refractivity contribution in [3.05, 3.63) is 48.0 Å². The van der Waals surface area contributed by atoms with Gasteiger partial charge in [-0.1, -0.05) is 42.5 Å². The van der Waals surface area contributed by atoms with Crippen LogP contribution in [0.4, 0.5) is 4.79 Å². The molecular weight excluding hydrogens is 330 g/mol. The van der Waals surface area contributed by atoms with Crippen molar-refractivity contribution in [2.24, 2.45) is 0 Å². The summed E-state index contributed by atoms with van der Waals surface area (Å²) < 4.78 is 0. The summed E-state index contributed by atoms with van der Waals surface area (Å²) in [4.78, 5) is 38.6. The molecule has 0 aliphatic carbocycles. The average Bonchev–Trinajstić information content (AvgIpc) is 2.77. The Morgan fingerprint density at radius 1 is 1.12 bits per heavy atom. The molecule has 0 aromatic heterocycles. The number of amides is 4. The second-order valence-electron chi connectivity index (χ2n) is 7.77. The summed E-state index contributed by atoms with van der Waals surface area (Å²) in [6.07, 6.45) is 0. The van der Waals surface area contributed by atoms with Gasteiger partial charge in [0.1, 0.15) is 12.1 Å². The molecule has 1 heterocycles. The minimum atomic E-state index is -1.21. The highest BCUT2D eigenvalue weighted by Crippen LogP contribution is 2.33. The predicted octanol–water partition coefficient (Wildman–Crippen LogP) is 2.52. The van der Waals surface area contributed by atoms with Crippen LogP contribution in [0.2, 0.25) is 0 Å². The highest BCUT2D eigenvalue weighted by Gasteiger charge is 2.50. The third kappa shape index (κ3) is 3.14. The molecule has 2 aromatic carbocycles. The number of fused-ring (bicyclic) bond motifs is 1. The van der Waals surface area contributed by atoms with Crippen LogP contribution in [0.5, 0.6) is 0 Å². The van der Waals surface area contributed by atoms with Crippen molar-refractivity contribution < 1.29 is 14.4 Å². The second kappa shape index (κ2) is 6.12. The van der Waals surface area contributed by atoms with Gasteiger partial charge in [0.25, 0.3) is 5.91 Å². The third-order valence-electron chi connectivity index (χ3n) is 4.42. The number of hydrogen-bond acceptors (Lipinski definition) is 3. The van der Waals surface area contributed by atoms with Gasteiger partial charge in [0.2, 0.25) is 5.91 Å². The Labute approximate surface area is 152 Å². The van der Waals surface area contributed by atoms with E-state index in [1.54, 1.807) is 6.92 Å². The number of nitrogens with one attached hydrogen (secondary N) is 2. The molecule has 3 rings (SSSR count). The molecule has 1 aliphatic rings. The number of hydrogen-bond donors (Lipinski definition) is 2. The first-order chi connectivity index (χ1) is 12.1. The van der Waals surface area contributed by atoms with Crippen molar-refractivity contribution in [3.63, 3.8) is 0 Å². The number of urea groups is 1. The van der Waals surface area contributed by atoms with Crippen molar-refractivity contribution in [2.75, 3.05) is 6.54 Å². The van der Waals surface area contributed by atoms with Gasteiger partial charge in [-0.15, -0.1) is 0 Å². The number of nitrogens with zero attached hydrogens (tertiary/aromatic N) is 1. The Balaban J connectivity index is 1.93. The van der Waals surface area contributed by atoms with E-state index in [0.29, 0.717) is 5.56 Å². The topological polar surface area (TPSA) is 78.5 Å². The molecule has 2 N–H and O–H groups in total.